The predicted molar refractivity (Wildman–Crippen MR) is 227 cm³/mol. The maximum absolute atomic E-state index is 8.40. The molecule has 8 aromatic carbocycles. The van der Waals surface area contributed by atoms with Crippen molar-refractivity contribution in [2.75, 3.05) is 0 Å². The van der Waals surface area contributed by atoms with E-state index >= 15 is 0 Å². The molecule has 254 valence electrons. The van der Waals surface area contributed by atoms with Gasteiger partial charge in [0.15, 0.2) is 5.69 Å². The van der Waals surface area contributed by atoms with Gasteiger partial charge in [-0.15, -0.1) is 0 Å². The van der Waals surface area contributed by atoms with Crippen LogP contribution in [-0.2, 0) is 0 Å². The van der Waals surface area contributed by atoms with Crippen LogP contribution >= 0.6 is 0 Å². The average Bonchev–Trinajstić information content (AvgIpc) is 3.89. The highest BCUT2D eigenvalue weighted by atomic mass is 15.0. The lowest BCUT2D eigenvalue weighted by molar-refractivity contribution is 1.17. The molecule has 11 aromatic rings. The van der Waals surface area contributed by atoms with E-state index in [1.165, 1.54) is 10.8 Å². The summed E-state index contributed by atoms with van der Waals surface area (Å²) in [5, 5.41) is 6.82. The van der Waals surface area contributed by atoms with Crippen molar-refractivity contribution in [3.8, 4) is 28.2 Å². The minimum absolute atomic E-state index is 0.580. The van der Waals surface area contributed by atoms with Gasteiger partial charge in [-0.05, 0) is 77.7 Å². The Morgan fingerprint density at radius 3 is 1.44 bits per heavy atom. The van der Waals surface area contributed by atoms with Crippen molar-refractivity contribution < 1.29 is 0 Å². The summed E-state index contributed by atoms with van der Waals surface area (Å²) in [6.45, 7) is 16.3. The first-order chi connectivity index (χ1) is 27.2. The van der Waals surface area contributed by atoms with Crippen molar-refractivity contribution in [1.29, 1.82) is 0 Å². The van der Waals surface area contributed by atoms with E-state index < -0.39 is 0 Å². The Balaban J connectivity index is 1.17. The SMILES string of the molecule is [C-]#[N+]c1ccc2c(c1)c1c(-n3c4ccccc4c4ccccc43)cccc1n2-c1ccccc1-c1ccc(-n2c3ccccc3c3ccccc32)c([N+]#[C-])c1. The molecular weight excluding hydrogens is 671 g/mol. The molecule has 0 saturated heterocycles. The summed E-state index contributed by atoms with van der Waals surface area (Å²) in [6, 6.07) is 61.1. The molecule has 0 spiro atoms. The predicted octanol–water partition coefficient (Wildman–Crippen LogP) is 13.7. The third-order valence-electron chi connectivity index (χ3n) is 11.1. The van der Waals surface area contributed by atoms with E-state index in [4.69, 9.17) is 13.1 Å². The summed E-state index contributed by atoms with van der Waals surface area (Å²) in [5.74, 6) is 0. The van der Waals surface area contributed by atoms with E-state index in [1.54, 1.807) is 0 Å². The first kappa shape index (κ1) is 30.7. The fraction of sp³-hybridized carbons (Fsp3) is 0. The van der Waals surface area contributed by atoms with E-state index in [2.05, 4.69) is 181 Å². The fourth-order valence-electron chi connectivity index (χ4n) is 8.80. The number of fused-ring (bicyclic) bond motifs is 9. The van der Waals surface area contributed by atoms with Gasteiger partial charge in [-0.25, -0.2) is 9.69 Å². The smallest absolute Gasteiger partial charge is 0.211 e. The second-order valence-electron chi connectivity index (χ2n) is 13.9. The van der Waals surface area contributed by atoms with Crippen molar-refractivity contribution in [1.82, 2.24) is 13.7 Å². The van der Waals surface area contributed by atoms with Gasteiger partial charge in [-0.3, -0.25) is 0 Å². The fourth-order valence-corrected chi connectivity index (χ4v) is 8.80. The van der Waals surface area contributed by atoms with Gasteiger partial charge >= 0.3 is 0 Å². The Bertz CT molecular complexity index is 3360. The van der Waals surface area contributed by atoms with Gasteiger partial charge in [0.25, 0.3) is 0 Å². The summed E-state index contributed by atoms with van der Waals surface area (Å²) in [7, 11) is 0. The van der Waals surface area contributed by atoms with Gasteiger partial charge in [-0.2, -0.15) is 0 Å². The second kappa shape index (κ2) is 11.8. The molecule has 3 aromatic heterocycles. The van der Waals surface area contributed by atoms with Crippen LogP contribution < -0.4 is 0 Å². The molecule has 55 heavy (non-hydrogen) atoms. The Morgan fingerprint density at radius 1 is 0.345 bits per heavy atom. The molecule has 3 heterocycles. The standard InChI is InChI=1S/C50H29N5/c1-51-33-27-29-46-39(31-33)50-48(24-13-25-49(50)55-44-22-11-6-17-37(44)38-18-7-12-23-45(38)55)54(46)41-19-8-3-14-34(41)32-26-28-47(40(30-32)52-2)53-42-20-9-4-15-35(42)36-16-5-10-21-43(36)53/h3-31H. The summed E-state index contributed by atoms with van der Waals surface area (Å²) in [6.07, 6.45) is 0. The molecule has 5 heteroatoms. The van der Waals surface area contributed by atoms with Crippen LogP contribution in [-0.4, -0.2) is 13.7 Å². The maximum atomic E-state index is 8.40. The lowest BCUT2D eigenvalue weighted by atomic mass is 10.0. The lowest BCUT2D eigenvalue weighted by Gasteiger charge is -2.16. The molecule has 0 radical (unpaired) electrons. The molecule has 0 saturated carbocycles. The third-order valence-corrected chi connectivity index (χ3v) is 11.1. The van der Waals surface area contributed by atoms with Gasteiger partial charge < -0.3 is 13.7 Å². The number of benzene rings is 8. The Kier molecular flexibility index (Phi) is 6.61. The summed E-state index contributed by atoms with van der Waals surface area (Å²) < 4.78 is 6.90. The zero-order chi connectivity index (χ0) is 36.6. The molecule has 0 unspecified atom stereocenters. The molecule has 0 fully saturated rings. The van der Waals surface area contributed by atoms with Crippen LogP contribution in [0.3, 0.4) is 0 Å². The highest BCUT2D eigenvalue weighted by molar-refractivity contribution is 6.17. The van der Waals surface area contributed by atoms with Gasteiger partial charge in [0, 0.05) is 32.5 Å². The molecule has 0 aliphatic heterocycles. The van der Waals surface area contributed by atoms with E-state index in [9.17, 15) is 0 Å². The quantitative estimate of drug-likeness (QED) is 0.163. The van der Waals surface area contributed by atoms with Crippen LogP contribution in [0.5, 0.6) is 0 Å². The van der Waals surface area contributed by atoms with Crippen LogP contribution in [0.15, 0.2) is 176 Å². The molecular formula is C50H29N5. The molecule has 0 aliphatic rings. The number of rotatable bonds is 4. The molecule has 0 bridgehead atoms. The van der Waals surface area contributed by atoms with Gasteiger partial charge in [-0.1, -0.05) is 109 Å². The molecule has 0 amide bonds. The van der Waals surface area contributed by atoms with E-state index in [1.807, 2.05) is 18.2 Å². The summed E-state index contributed by atoms with van der Waals surface area (Å²) in [5.41, 5.74) is 12.5. The number of aromatic nitrogens is 3. The van der Waals surface area contributed by atoms with Gasteiger partial charge in [0.2, 0.25) is 5.69 Å². The van der Waals surface area contributed by atoms with Crippen LogP contribution in [0.2, 0.25) is 0 Å². The van der Waals surface area contributed by atoms with Gasteiger partial charge in [0.1, 0.15) is 0 Å². The van der Waals surface area contributed by atoms with E-state index in [-0.39, 0.29) is 0 Å². The van der Waals surface area contributed by atoms with Crippen LogP contribution in [0.1, 0.15) is 0 Å². The first-order valence-electron chi connectivity index (χ1n) is 18.3. The first-order valence-corrected chi connectivity index (χ1v) is 18.3. The molecule has 0 atom stereocenters. The van der Waals surface area contributed by atoms with Gasteiger partial charge in [0.05, 0.1) is 63.3 Å². The third kappa shape index (κ3) is 4.39. The van der Waals surface area contributed by atoms with Crippen molar-refractivity contribution in [3.05, 3.63) is 199 Å². The van der Waals surface area contributed by atoms with Crippen molar-refractivity contribution in [2.45, 2.75) is 0 Å². The van der Waals surface area contributed by atoms with Crippen LogP contribution in [0.4, 0.5) is 11.4 Å². The van der Waals surface area contributed by atoms with Crippen molar-refractivity contribution >= 4 is 76.8 Å². The molecule has 0 N–H and O–H groups in total. The van der Waals surface area contributed by atoms with Crippen molar-refractivity contribution in [3.63, 3.8) is 0 Å². The van der Waals surface area contributed by atoms with Crippen LogP contribution in [0.25, 0.3) is 103 Å². The number of para-hydroxylation sites is 5. The number of nitrogens with zero attached hydrogens (tertiary/aromatic N) is 5. The molecule has 0 aliphatic carbocycles. The zero-order valence-corrected chi connectivity index (χ0v) is 29.5. The topological polar surface area (TPSA) is 23.5 Å². The minimum atomic E-state index is 0.580. The molecule has 11 rings (SSSR count). The summed E-state index contributed by atoms with van der Waals surface area (Å²) >= 11 is 0. The molecule has 5 nitrogen and oxygen atoms in total. The Labute approximate surface area is 316 Å². The normalized spacial score (nSPS) is 11.6. The maximum Gasteiger partial charge on any atom is 0.211 e. The number of hydrogen-bond acceptors (Lipinski definition) is 0. The van der Waals surface area contributed by atoms with E-state index in [0.717, 1.165) is 82.8 Å². The van der Waals surface area contributed by atoms with Crippen molar-refractivity contribution in [2.24, 2.45) is 0 Å². The highest BCUT2D eigenvalue weighted by Gasteiger charge is 2.22. The largest absolute Gasteiger partial charge is 0.319 e. The van der Waals surface area contributed by atoms with Crippen LogP contribution in [0, 0.1) is 13.1 Å². The lowest BCUT2D eigenvalue weighted by Crippen LogP contribution is -1.99. The Morgan fingerprint density at radius 2 is 0.836 bits per heavy atom. The Hall–Kier alpha value is -7.86. The zero-order valence-electron chi connectivity index (χ0n) is 29.5. The monoisotopic (exact) mass is 699 g/mol. The average molecular weight is 700 g/mol. The summed E-state index contributed by atoms with van der Waals surface area (Å²) in [4.78, 5) is 7.98. The second-order valence-corrected chi connectivity index (χ2v) is 13.9. The van der Waals surface area contributed by atoms with E-state index in [0.29, 0.717) is 11.4 Å². The highest BCUT2D eigenvalue weighted by Crippen LogP contribution is 2.44. The minimum Gasteiger partial charge on any atom is -0.319 e. The number of hydrogen-bond donors (Lipinski definition) is 0.